The van der Waals surface area contributed by atoms with Crippen LogP contribution in [0.4, 0.5) is 0 Å². The van der Waals surface area contributed by atoms with E-state index >= 15 is 0 Å². The van der Waals surface area contributed by atoms with Gasteiger partial charge in [0.25, 0.3) is 0 Å². The summed E-state index contributed by atoms with van der Waals surface area (Å²) in [6.07, 6.45) is 30.1. The van der Waals surface area contributed by atoms with E-state index in [-0.39, 0.29) is 0 Å². The molecule has 0 saturated heterocycles. The molecule has 0 aliphatic rings. The van der Waals surface area contributed by atoms with Gasteiger partial charge in [0.2, 0.25) is 8.60 Å². The molecule has 2 rings (SSSR count). The van der Waals surface area contributed by atoms with Crippen molar-refractivity contribution in [2.45, 2.75) is 175 Å². The Kier molecular flexibility index (Phi) is 22.5. The molecule has 4 heteroatoms. The maximum Gasteiger partial charge on any atom is 0.210 e. The molecule has 1 atom stereocenters. The molecule has 0 amide bonds. The van der Waals surface area contributed by atoms with E-state index < -0.39 is 8.60 Å². The van der Waals surface area contributed by atoms with Crippen LogP contribution >= 0.6 is 8.60 Å². The molecule has 0 aromatic heterocycles. The fourth-order valence-electron chi connectivity index (χ4n) is 6.00. The molecule has 0 heterocycles. The van der Waals surface area contributed by atoms with Gasteiger partial charge in [-0.3, -0.25) is 0 Å². The molecule has 0 bridgehead atoms. The molecule has 0 N–H and O–H groups in total. The third-order valence-electron chi connectivity index (χ3n) is 8.68. The van der Waals surface area contributed by atoms with Crippen molar-refractivity contribution in [1.82, 2.24) is 0 Å². The zero-order valence-corrected chi connectivity index (χ0v) is 29.1. The van der Waals surface area contributed by atoms with Crippen LogP contribution in [-0.2, 0) is 19.3 Å². The minimum absolute atomic E-state index is 0.697. The van der Waals surface area contributed by atoms with Crippen LogP contribution in [0, 0.1) is 0 Å². The van der Waals surface area contributed by atoms with Gasteiger partial charge in [0.05, 0.1) is 0 Å². The Balaban J connectivity index is 1.97. The summed E-state index contributed by atoms with van der Waals surface area (Å²) in [6, 6.07) is 14.4. The Bertz CT molecular complexity index is 930. The van der Waals surface area contributed by atoms with E-state index in [2.05, 4.69) is 39.0 Å². The lowest BCUT2D eigenvalue weighted by atomic mass is 9.95. The summed E-state index contributed by atoms with van der Waals surface area (Å²) >= 11 is 0. The minimum atomic E-state index is -2.31. The van der Waals surface area contributed by atoms with Crippen LogP contribution in [0.1, 0.15) is 172 Å². The quantitative estimate of drug-likeness (QED) is 0.0710. The molecule has 0 aliphatic heterocycles. The number of rotatable bonds is 28. The number of benzene rings is 2. The number of hydrogen-bond acceptors (Lipinski definition) is 3. The lowest BCUT2D eigenvalue weighted by Gasteiger charge is -2.26. The largest absolute Gasteiger partial charge is 0.765 e. The van der Waals surface area contributed by atoms with Gasteiger partial charge in [-0.15, -0.1) is 0 Å². The average Bonchev–Trinajstić information content (AvgIpc) is 3.01. The summed E-state index contributed by atoms with van der Waals surface area (Å²) in [4.78, 5) is 13.2. The van der Waals surface area contributed by atoms with E-state index in [9.17, 15) is 4.89 Å². The molecule has 1 unspecified atom stereocenters. The molecule has 0 spiro atoms. The molecular weight excluding hydrogens is 547 g/mol. The smallest absolute Gasteiger partial charge is 0.210 e. The molecule has 0 radical (unpaired) electrons. The van der Waals surface area contributed by atoms with E-state index in [0.29, 0.717) is 5.75 Å². The van der Waals surface area contributed by atoms with Gasteiger partial charge in [-0.25, -0.2) is 0 Å². The minimum Gasteiger partial charge on any atom is -0.765 e. The van der Waals surface area contributed by atoms with Gasteiger partial charge in [-0.1, -0.05) is 167 Å². The van der Waals surface area contributed by atoms with Crippen LogP contribution in [0.25, 0.3) is 0 Å². The number of unbranched alkanes of at least 4 members (excludes halogenated alkanes) is 18. The average molecular weight is 612 g/mol. The SMILES string of the molecule is CCCCCCCCCc1ccccc1OP([O-])Oc1cccc(CCCCCCCCC)c1CCCCCCCCC. The number of aryl methyl sites for hydroxylation is 2. The Morgan fingerprint density at radius 1 is 0.442 bits per heavy atom. The van der Waals surface area contributed by atoms with Crippen molar-refractivity contribution in [1.29, 1.82) is 0 Å². The van der Waals surface area contributed by atoms with E-state index in [0.717, 1.165) is 43.4 Å². The third kappa shape index (κ3) is 17.5. The Morgan fingerprint density at radius 3 is 1.40 bits per heavy atom. The van der Waals surface area contributed by atoms with Crippen molar-refractivity contribution in [2.24, 2.45) is 0 Å². The van der Waals surface area contributed by atoms with Gasteiger partial charge in [0.1, 0.15) is 11.5 Å². The third-order valence-corrected chi connectivity index (χ3v) is 9.37. The van der Waals surface area contributed by atoms with Crippen LogP contribution in [0.5, 0.6) is 11.5 Å². The molecule has 244 valence electrons. The Hall–Kier alpha value is -1.57. The van der Waals surface area contributed by atoms with E-state index in [4.69, 9.17) is 9.05 Å². The summed E-state index contributed by atoms with van der Waals surface area (Å²) in [7, 11) is -2.31. The lowest BCUT2D eigenvalue weighted by molar-refractivity contribution is -0.189. The first kappa shape index (κ1) is 37.6. The number of para-hydroxylation sites is 1. The van der Waals surface area contributed by atoms with E-state index in [1.807, 2.05) is 24.3 Å². The van der Waals surface area contributed by atoms with Crippen molar-refractivity contribution in [3.8, 4) is 11.5 Å². The van der Waals surface area contributed by atoms with Crippen LogP contribution < -0.4 is 13.9 Å². The first-order chi connectivity index (χ1) is 21.2. The van der Waals surface area contributed by atoms with Gasteiger partial charge in [-0.05, 0) is 67.3 Å². The second kappa shape index (κ2) is 25.7. The van der Waals surface area contributed by atoms with Crippen molar-refractivity contribution >= 4 is 8.60 Å². The Morgan fingerprint density at radius 2 is 0.837 bits per heavy atom. The van der Waals surface area contributed by atoms with Crippen LogP contribution in [0.15, 0.2) is 42.5 Å². The van der Waals surface area contributed by atoms with Crippen LogP contribution in [-0.4, -0.2) is 0 Å². The monoisotopic (exact) mass is 611 g/mol. The zero-order valence-electron chi connectivity index (χ0n) is 28.2. The second-order valence-electron chi connectivity index (χ2n) is 12.5. The number of hydrogen-bond donors (Lipinski definition) is 0. The summed E-state index contributed by atoms with van der Waals surface area (Å²) in [5, 5.41) is 0. The molecule has 2 aromatic carbocycles. The summed E-state index contributed by atoms with van der Waals surface area (Å²) < 4.78 is 12.1. The zero-order chi connectivity index (χ0) is 30.8. The highest BCUT2D eigenvalue weighted by Crippen LogP contribution is 2.38. The normalized spacial score (nSPS) is 12.0. The first-order valence-corrected chi connectivity index (χ1v) is 19.3. The van der Waals surface area contributed by atoms with Crippen molar-refractivity contribution in [2.75, 3.05) is 0 Å². The van der Waals surface area contributed by atoms with Crippen molar-refractivity contribution in [3.05, 3.63) is 59.2 Å². The van der Waals surface area contributed by atoms with Crippen molar-refractivity contribution in [3.63, 3.8) is 0 Å². The molecule has 0 saturated carbocycles. The highest BCUT2D eigenvalue weighted by Gasteiger charge is 2.13. The van der Waals surface area contributed by atoms with Crippen LogP contribution in [0.2, 0.25) is 0 Å². The van der Waals surface area contributed by atoms with Gasteiger partial charge >= 0.3 is 0 Å². The maximum absolute atomic E-state index is 13.2. The molecule has 2 aromatic rings. The fourth-order valence-corrected chi connectivity index (χ4v) is 6.70. The van der Waals surface area contributed by atoms with Crippen molar-refractivity contribution < 1.29 is 13.9 Å². The summed E-state index contributed by atoms with van der Waals surface area (Å²) in [5.41, 5.74) is 3.73. The fraction of sp³-hybridized carbons (Fsp3) is 0.692. The molecule has 43 heavy (non-hydrogen) atoms. The van der Waals surface area contributed by atoms with E-state index in [1.54, 1.807) is 0 Å². The summed E-state index contributed by atoms with van der Waals surface area (Å²) in [6.45, 7) is 6.81. The topological polar surface area (TPSA) is 41.5 Å². The first-order valence-electron chi connectivity index (χ1n) is 18.2. The highest BCUT2D eigenvalue weighted by atomic mass is 31.2. The maximum atomic E-state index is 13.2. The van der Waals surface area contributed by atoms with Gasteiger partial charge in [0, 0.05) is 0 Å². The standard InChI is InChI=1S/C39H64O3P/c1-4-7-10-13-16-19-22-28-35-31-27-34-39(37(35)32-24-21-18-15-12-9-6-3)42-43(40)41-38-33-26-25-30-36(38)29-23-20-17-14-11-8-5-2/h25-27,30-31,33-34H,4-24,28-29,32H2,1-3H3/q-1. The van der Waals surface area contributed by atoms with Gasteiger partial charge < -0.3 is 13.9 Å². The summed E-state index contributed by atoms with van der Waals surface area (Å²) in [5.74, 6) is 1.44. The molecule has 0 aliphatic carbocycles. The van der Waals surface area contributed by atoms with Gasteiger partial charge in [0.15, 0.2) is 0 Å². The Labute approximate surface area is 267 Å². The lowest BCUT2D eigenvalue weighted by Crippen LogP contribution is -2.10. The second-order valence-corrected chi connectivity index (χ2v) is 13.3. The molecular formula is C39H64O3P-. The van der Waals surface area contributed by atoms with Gasteiger partial charge in [-0.2, -0.15) is 0 Å². The predicted molar refractivity (Wildman–Crippen MR) is 186 cm³/mol. The van der Waals surface area contributed by atoms with E-state index in [1.165, 1.54) is 133 Å². The highest BCUT2D eigenvalue weighted by molar-refractivity contribution is 7.39. The predicted octanol–water partition coefficient (Wildman–Crippen LogP) is 12.6. The molecule has 0 fully saturated rings. The molecule has 3 nitrogen and oxygen atoms in total. The van der Waals surface area contributed by atoms with Crippen LogP contribution in [0.3, 0.4) is 0 Å².